The van der Waals surface area contributed by atoms with Gasteiger partial charge in [0.15, 0.2) is 9.84 Å². The van der Waals surface area contributed by atoms with E-state index in [0.29, 0.717) is 11.5 Å². The quantitative estimate of drug-likeness (QED) is 0.845. The van der Waals surface area contributed by atoms with Crippen LogP contribution in [0.3, 0.4) is 0 Å². The zero-order valence-corrected chi connectivity index (χ0v) is 9.40. The van der Waals surface area contributed by atoms with Gasteiger partial charge in [0.25, 0.3) is 0 Å². The highest BCUT2D eigenvalue weighted by Gasteiger charge is 2.27. The normalized spacial score (nSPS) is 25.3. The van der Waals surface area contributed by atoms with Crippen LogP contribution in [0, 0.1) is 0 Å². The molecule has 2 rings (SSSR count). The van der Waals surface area contributed by atoms with Crippen molar-refractivity contribution in [3.63, 3.8) is 0 Å². The van der Waals surface area contributed by atoms with Crippen molar-refractivity contribution in [1.82, 2.24) is 5.32 Å². The molecule has 1 saturated heterocycles. The first-order chi connectivity index (χ1) is 6.66. The first-order valence-corrected chi connectivity index (χ1v) is 7.32. The summed E-state index contributed by atoms with van der Waals surface area (Å²) in [6.45, 7) is 0.790. The van der Waals surface area contributed by atoms with Crippen LogP contribution in [0.25, 0.3) is 0 Å². The van der Waals surface area contributed by atoms with Crippen molar-refractivity contribution in [1.29, 1.82) is 0 Å². The first-order valence-electron chi connectivity index (χ1n) is 4.62. The highest BCUT2D eigenvalue weighted by Crippen LogP contribution is 2.13. The number of rotatable bonds is 3. The molecule has 1 aliphatic rings. The number of thiophene rings is 1. The molecule has 14 heavy (non-hydrogen) atoms. The van der Waals surface area contributed by atoms with E-state index in [1.54, 1.807) is 11.3 Å². The highest BCUT2D eigenvalue weighted by molar-refractivity contribution is 7.91. The molecule has 0 amide bonds. The Hall–Kier alpha value is -0.390. The Kier molecular flexibility index (Phi) is 2.90. The molecule has 0 spiro atoms. The molecule has 0 bridgehead atoms. The molecule has 1 aromatic heterocycles. The van der Waals surface area contributed by atoms with Crippen LogP contribution in [0.2, 0.25) is 0 Å². The molecule has 1 aromatic rings. The van der Waals surface area contributed by atoms with E-state index < -0.39 is 9.84 Å². The molecule has 0 radical (unpaired) electrons. The minimum Gasteiger partial charge on any atom is -0.308 e. The van der Waals surface area contributed by atoms with Crippen molar-refractivity contribution in [2.75, 3.05) is 11.5 Å². The topological polar surface area (TPSA) is 46.2 Å². The molecule has 5 heteroatoms. The second-order valence-corrected chi connectivity index (χ2v) is 6.82. The van der Waals surface area contributed by atoms with E-state index in [1.807, 2.05) is 11.4 Å². The lowest BCUT2D eigenvalue weighted by molar-refractivity contribution is 0.557. The highest BCUT2D eigenvalue weighted by atomic mass is 32.2. The Labute approximate surface area is 88.1 Å². The zero-order valence-electron chi connectivity index (χ0n) is 7.77. The summed E-state index contributed by atoms with van der Waals surface area (Å²) >= 11 is 1.69. The van der Waals surface area contributed by atoms with Gasteiger partial charge >= 0.3 is 0 Å². The maximum atomic E-state index is 11.2. The number of hydrogen-bond donors (Lipinski definition) is 1. The third kappa shape index (κ3) is 2.56. The van der Waals surface area contributed by atoms with Gasteiger partial charge < -0.3 is 5.32 Å². The average molecular weight is 231 g/mol. The molecular weight excluding hydrogens is 218 g/mol. The molecule has 3 nitrogen and oxygen atoms in total. The second-order valence-electron chi connectivity index (χ2n) is 3.56. The molecule has 1 N–H and O–H groups in total. The predicted molar refractivity (Wildman–Crippen MR) is 58.2 cm³/mol. The largest absolute Gasteiger partial charge is 0.308 e. The number of nitrogens with one attached hydrogen (secondary N) is 1. The van der Waals surface area contributed by atoms with Crippen molar-refractivity contribution in [2.45, 2.75) is 19.0 Å². The molecule has 1 aliphatic heterocycles. The summed E-state index contributed by atoms with van der Waals surface area (Å²) in [6.07, 6.45) is 0.758. The van der Waals surface area contributed by atoms with Crippen LogP contribution in [0.4, 0.5) is 0 Å². The summed E-state index contributed by atoms with van der Waals surface area (Å²) in [5.41, 5.74) is 0. The fraction of sp³-hybridized carbons (Fsp3) is 0.556. The summed E-state index contributed by atoms with van der Waals surface area (Å²) < 4.78 is 22.3. The Balaban J connectivity index is 1.83. The molecule has 0 unspecified atom stereocenters. The standard InChI is InChI=1S/C9H13NO2S2/c11-14(12)5-3-8(7-14)10-6-9-2-1-4-13-9/h1-2,4,8,10H,3,5-7H2/t8-/m1/s1. The average Bonchev–Trinajstić information content (AvgIpc) is 2.70. The van der Waals surface area contributed by atoms with Gasteiger partial charge in [-0.3, -0.25) is 0 Å². The van der Waals surface area contributed by atoms with Gasteiger partial charge in [-0.25, -0.2) is 8.42 Å². The van der Waals surface area contributed by atoms with E-state index in [2.05, 4.69) is 11.4 Å². The fourth-order valence-corrected chi connectivity index (χ4v) is 3.98. The summed E-state index contributed by atoms with van der Waals surface area (Å²) in [5, 5.41) is 5.30. The van der Waals surface area contributed by atoms with Gasteiger partial charge in [-0.05, 0) is 17.9 Å². The van der Waals surface area contributed by atoms with Crippen LogP contribution >= 0.6 is 11.3 Å². The van der Waals surface area contributed by atoms with Gasteiger partial charge in [-0.15, -0.1) is 11.3 Å². The lowest BCUT2D eigenvalue weighted by Gasteiger charge is -2.08. The van der Waals surface area contributed by atoms with Crippen molar-refractivity contribution >= 4 is 21.2 Å². The lowest BCUT2D eigenvalue weighted by atomic mass is 10.2. The Morgan fingerprint density at radius 1 is 1.57 bits per heavy atom. The van der Waals surface area contributed by atoms with Gasteiger partial charge in [0.2, 0.25) is 0 Å². The van der Waals surface area contributed by atoms with E-state index in [-0.39, 0.29) is 6.04 Å². The molecule has 0 saturated carbocycles. The van der Waals surface area contributed by atoms with Crippen molar-refractivity contribution in [2.24, 2.45) is 0 Å². The van der Waals surface area contributed by atoms with E-state index in [0.717, 1.165) is 13.0 Å². The minimum atomic E-state index is -2.75. The van der Waals surface area contributed by atoms with Gasteiger partial charge in [0.1, 0.15) is 0 Å². The molecule has 1 fully saturated rings. The Bertz CT molecular complexity index is 383. The maximum Gasteiger partial charge on any atom is 0.151 e. The van der Waals surface area contributed by atoms with Crippen molar-refractivity contribution < 1.29 is 8.42 Å². The van der Waals surface area contributed by atoms with Crippen LogP contribution in [0.1, 0.15) is 11.3 Å². The Morgan fingerprint density at radius 3 is 3.00 bits per heavy atom. The molecule has 0 aliphatic carbocycles. The summed E-state index contributed by atoms with van der Waals surface area (Å²) in [5.74, 6) is 0.646. The second kappa shape index (κ2) is 4.00. The van der Waals surface area contributed by atoms with Gasteiger partial charge in [-0.1, -0.05) is 6.07 Å². The number of hydrogen-bond acceptors (Lipinski definition) is 4. The monoisotopic (exact) mass is 231 g/mol. The van der Waals surface area contributed by atoms with E-state index in [4.69, 9.17) is 0 Å². The van der Waals surface area contributed by atoms with Crippen molar-refractivity contribution in [3.8, 4) is 0 Å². The maximum absolute atomic E-state index is 11.2. The third-order valence-electron chi connectivity index (χ3n) is 2.38. The Morgan fingerprint density at radius 2 is 2.43 bits per heavy atom. The minimum absolute atomic E-state index is 0.155. The summed E-state index contributed by atoms with van der Waals surface area (Å²) in [7, 11) is -2.75. The predicted octanol–water partition coefficient (Wildman–Crippen LogP) is 1.02. The number of sulfone groups is 1. The van der Waals surface area contributed by atoms with Crippen LogP contribution in [0.15, 0.2) is 17.5 Å². The summed E-state index contributed by atoms with van der Waals surface area (Å²) in [6, 6.07) is 4.22. The fourth-order valence-electron chi connectivity index (χ4n) is 1.61. The van der Waals surface area contributed by atoms with E-state index in [1.165, 1.54) is 4.88 Å². The smallest absolute Gasteiger partial charge is 0.151 e. The third-order valence-corrected chi connectivity index (χ3v) is 5.02. The molecule has 2 heterocycles. The molecule has 1 atom stereocenters. The lowest BCUT2D eigenvalue weighted by Crippen LogP contribution is -2.29. The molecular formula is C9H13NO2S2. The van der Waals surface area contributed by atoms with Gasteiger partial charge in [0, 0.05) is 17.5 Å². The zero-order chi connectivity index (χ0) is 10.0. The molecule has 78 valence electrons. The van der Waals surface area contributed by atoms with Crippen molar-refractivity contribution in [3.05, 3.63) is 22.4 Å². The van der Waals surface area contributed by atoms with E-state index in [9.17, 15) is 8.42 Å². The first kappa shape index (κ1) is 10.1. The van der Waals surface area contributed by atoms with Crippen LogP contribution in [-0.4, -0.2) is 26.0 Å². The SMILES string of the molecule is O=S1(=O)CC[C@@H](NCc2cccs2)C1. The molecule has 0 aromatic carbocycles. The van der Waals surface area contributed by atoms with Crippen LogP contribution < -0.4 is 5.32 Å². The van der Waals surface area contributed by atoms with Gasteiger partial charge in [-0.2, -0.15) is 0 Å². The van der Waals surface area contributed by atoms with Crippen LogP contribution in [0.5, 0.6) is 0 Å². The van der Waals surface area contributed by atoms with Crippen LogP contribution in [-0.2, 0) is 16.4 Å². The van der Waals surface area contributed by atoms with E-state index >= 15 is 0 Å². The van der Waals surface area contributed by atoms with Gasteiger partial charge in [0.05, 0.1) is 11.5 Å². The summed E-state index contributed by atoms with van der Waals surface area (Å²) in [4.78, 5) is 1.26.